The molecule has 2 rings (SSSR count). The zero-order chi connectivity index (χ0) is 12.4. The number of rotatable bonds is 2. The predicted octanol–water partition coefficient (Wildman–Crippen LogP) is 2.86. The van der Waals surface area contributed by atoms with Crippen LogP contribution in [-0.2, 0) is 0 Å². The van der Waals surface area contributed by atoms with Gasteiger partial charge in [0, 0.05) is 34.2 Å². The number of aromatic nitrogens is 1. The van der Waals surface area contributed by atoms with Crippen molar-refractivity contribution in [3.05, 3.63) is 58.4 Å². The van der Waals surface area contributed by atoms with Crippen molar-refractivity contribution in [1.82, 2.24) is 4.98 Å². The lowest BCUT2D eigenvalue weighted by Gasteiger charge is -2.04. The number of aryl methyl sites for hydroxylation is 1. The molecular formula is C13H11ClN2O. The van der Waals surface area contributed by atoms with E-state index in [-0.39, 0.29) is 5.78 Å². The largest absolute Gasteiger partial charge is 0.399 e. The molecule has 2 aromatic rings. The summed E-state index contributed by atoms with van der Waals surface area (Å²) in [5.41, 5.74) is 8.07. The molecule has 0 aliphatic carbocycles. The van der Waals surface area contributed by atoms with Crippen molar-refractivity contribution >= 4 is 23.1 Å². The van der Waals surface area contributed by atoms with Gasteiger partial charge in [0.25, 0.3) is 0 Å². The van der Waals surface area contributed by atoms with Crippen LogP contribution < -0.4 is 5.73 Å². The van der Waals surface area contributed by atoms with E-state index in [4.69, 9.17) is 17.3 Å². The number of nitrogen functional groups attached to an aromatic ring is 1. The van der Waals surface area contributed by atoms with Crippen molar-refractivity contribution in [3.8, 4) is 0 Å². The highest BCUT2D eigenvalue weighted by Gasteiger charge is 2.10. The van der Waals surface area contributed by atoms with E-state index in [2.05, 4.69) is 4.98 Å². The normalized spacial score (nSPS) is 10.2. The molecule has 0 atom stereocenters. The number of ketones is 1. The minimum atomic E-state index is -0.129. The first-order chi connectivity index (χ1) is 8.06. The van der Waals surface area contributed by atoms with Gasteiger partial charge in [0.15, 0.2) is 5.78 Å². The van der Waals surface area contributed by atoms with Gasteiger partial charge in [-0.1, -0.05) is 11.6 Å². The molecule has 0 aliphatic rings. The highest BCUT2D eigenvalue weighted by atomic mass is 35.5. The molecule has 0 aliphatic heterocycles. The molecule has 0 saturated heterocycles. The molecule has 4 heteroatoms. The Morgan fingerprint density at radius 2 is 1.94 bits per heavy atom. The van der Waals surface area contributed by atoms with E-state index in [1.54, 1.807) is 30.5 Å². The summed E-state index contributed by atoms with van der Waals surface area (Å²) < 4.78 is 0. The van der Waals surface area contributed by atoms with E-state index in [1.165, 1.54) is 6.20 Å². The number of halogens is 1. The summed E-state index contributed by atoms with van der Waals surface area (Å²) in [7, 11) is 0. The third kappa shape index (κ3) is 2.63. The number of carbonyl (C=O) groups excluding carboxylic acids is 1. The van der Waals surface area contributed by atoms with Gasteiger partial charge in [0.2, 0.25) is 0 Å². The van der Waals surface area contributed by atoms with Gasteiger partial charge in [0.1, 0.15) is 0 Å². The van der Waals surface area contributed by atoms with Gasteiger partial charge in [-0.05, 0) is 36.8 Å². The van der Waals surface area contributed by atoms with Crippen LogP contribution in [-0.4, -0.2) is 10.8 Å². The molecule has 3 nitrogen and oxygen atoms in total. The summed E-state index contributed by atoms with van der Waals surface area (Å²) in [6.07, 6.45) is 3.23. The van der Waals surface area contributed by atoms with E-state index < -0.39 is 0 Å². The lowest BCUT2D eigenvalue weighted by Crippen LogP contribution is -2.03. The van der Waals surface area contributed by atoms with Crippen LogP contribution in [0.1, 0.15) is 21.5 Å². The molecule has 2 N–H and O–H groups in total. The molecule has 0 saturated carbocycles. The van der Waals surface area contributed by atoms with Gasteiger partial charge in [-0.25, -0.2) is 0 Å². The first kappa shape index (κ1) is 11.6. The fourth-order valence-corrected chi connectivity index (χ4v) is 1.83. The van der Waals surface area contributed by atoms with Crippen LogP contribution in [0.3, 0.4) is 0 Å². The number of hydrogen-bond acceptors (Lipinski definition) is 3. The standard InChI is InChI=1S/C13H11ClN2O/c1-8-2-10(7-16-6-8)13(17)9-3-11(14)5-12(15)4-9/h2-7H,15H2,1H3. The Kier molecular flexibility index (Phi) is 3.11. The van der Waals surface area contributed by atoms with Gasteiger partial charge < -0.3 is 5.73 Å². The second-order valence-corrected chi connectivity index (χ2v) is 4.29. The maximum Gasteiger partial charge on any atom is 0.194 e. The molecular weight excluding hydrogens is 236 g/mol. The second kappa shape index (κ2) is 4.55. The van der Waals surface area contributed by atoms with E-state index in [1.807, 2.05) is 6.92 Å². The first-order valence-corrected chi connectivity index (χ1v) is 5.46. The van der Waals surface area contributed by atoms with E-state index in [9.17, 15) is 4.79 Å². The van der Waals surface area contributed by atoms with Crippen molar-refractivity contribution in [1.29, 1.82) is 0 Å². The fraction of sp³-hybridized carbons (Fsp3) is 0.0769. The monoisotopic (exact) mass is 246 g/mol. The quantitative estimate of drug-likeness (QED) is 0.655. The van der Waals surface area contributed by atoms with E-state index >= 15 is 0 Å². The lowest BCUT2D eigenvalue weighted by molar-refractivity contribution is 0.103. The Morgan fingerprint density at radius 1 is 1.18 bits per heavy atom. The summed E-state index contributed by atoms with van der Waals surface area (Å²) in [6, 6.07) is 6.60. The maximum atomic E-state index is 12.1. The summed E-state index contributed by atoms with van der Waals surface area (Å²) >= 11 is 5.87. The van der Waals surface area contributed by atoms with Crippen LogP contribution in [0, 0.1) is 6.92 Å². The van der Waals surface area contributed by atoms with Crippen molar-refractivity contribution in [2.45, 2.75) is 6.92 Å². The number of nitrogens with two attached hydrogens (primary N) is 1. The minimum Gasteiger partial charge on any atom is -0.399 e. The molecule has 0 bridgehead atoms. The summed E-state index contributed by atoms with van der Waals surface area (Å²) in [5.74, 6) is -0.129. The zero-order valence-corrected chi connectivity index (χ0v) is 10.0. The molecule has 17 heavy (non-hydrogen) atoms. The van der Waals surface area contributed by atoms with Gasteiger partial charge in [0.05, 0.1) is 0 Å². The van der Waals surface area contributed by atoms with Gasteiger partial charge in [-0.15, -0.1) is 0 Å². The lowest BCUT2D eigenvalue weighted by atomic mass is 10.0. The number of pyridine rings is 1. The average molecular weight is 247 g/mol. The Bertz CT molecular complexity index is 561. The zero-order valence-electron chi connectivity index (χ0n) is 9.27. The fourth-order valence-electron chi connectivity index (χ4n) is 1.59. The van der Waals surface area contributed by atoms with Crippen molar-refractivity contribution in [2.75, 3.05) is 5.73 Å². The maximum absolute atomic E-state index is 12.1. The number of carbonyl (C=O) groups is 1. The number of anilines is 1. The Balaban J connectivity index is 2.43. The Morgan fingerprint density at radius 3 is 2.59 bits per heavy atom. The second-order valence-electron chi connectivity index (χ2n) is 3.85. The van der Waals surface area contributed by atoms with Crippen LogP contribution >= 0.6 is 11.6 Å². The van der Waals surface area contributed by atoms with Crippen LogP contribution in [0.15, 0.2) is 36.7 Å². The van der Waals surface area contributed by atoms with Crippen molar-refractivity contribution in [3.63, 3.8) is 0 Å². The molecule has 1 aromatic carbocycles. The van der Waals surface area contributed by atoms with Gasteiger partial charge in [-0.2, -0.15) is 0 Å². The van der Waals surface area contributed by atoms with Gasteiger partial charge in [-0.3, -0.25) is 9.78 Å². The van der Waals surface area contributed by atoms with E-state index in [0.717, 1.165) is 5.56 Å². The highest BCUT2D eigenvalue weighted by molar-refractivity contribution is 6.31. The molecule has 0 unspecified atom stereocenters. The Hall–Kier alpha value is -1.87. The molecule has 1 aromatic heterocycles. The molecule has 86 valence electrons. The Labute approximate surface area is 104 Å². The summed E-state index contributed by atoms with van der Waals surface area (Å²) in [5, 5.41) is 0.453. The summed E-state index contributed by atoms with van der Waals surface area (Å²) in [6.45, 7) is 1.89. The van der Waals surface area contributed by atoms with Crippen molar-refractivity contribution < 1.29 is 4.79 Å². The average Bonchev–Trinajstić information content (AvgIpc) is 2.26. The van der Waals surface area contributed by atoms with E-state index in [0.29, 0.717) is 21.8 Å². The third-order valence-electron chi connectivity index (χ3n) is 2.32. The van der Waals surface area contributed by atoms with Crippen molar-refractivity contribution in [2.24, 2.45) is 0 Å². The van der Waals surface area contributed by atoms with Crippen LogP contribution in [0.4, 0.5) is 5.69 Å². The molecule has 0 amide bonds. The van der Waals surface area contributed by atoms with Crippen LogP contribution in [0.2, 0.25) is 5.02 Å². The smallest absolute Gasteiger partial charge is 0.194 e. The SMILES string of the molecule is Cc1cncc(C(=O)c2cc(N)cc(Cl)c2)c1. The molecule has 0 spiro atoms. The highest BCUT2D eigenvalue weighted by Crippen LogP contribution is 2.19. The van der Waals surface area contributed by atoms with Gasteiger partial charge >= 0.3 is 0 Å². The molecule has 1 heterocycles. The number of benzene rings is 1. The molecule has 0 fully saturated rings. The minimum absolute atomic E-state index is 0.129. The number of hydrogen-bond donors (Lipinski definition) is 1. The first-order valence-electron chi connectivity index (χ1n) is 5.08. The third-order valence-corrected chi connectivity index (χ3v) is 2.54. The van der Waals surface area contributed by atoms with Crippen LogP contribution in [0.5, 0.6) is 0 Å². The molecule has 0 radical (unpaired) electrons. The van der Waals surface area contributed by atoms with Crippen LogP contribution in [0.25, 0.3) is 0 Å². The summed E-state index contributed by atoms with van der Waals surface area (Å²) in [4.78, 5) is 16.1. The topological polar surface area (TPSA) is 56.0 Å². The predicted molar refractivity (Wildman–Crippen MR) is 68.3 cm³/mol. The number of nitrogens with zero attached hydrogens (tertiary/aromatic N) is 1.